The van der Waals surface area contributed by atoms with Gasteiger partial charge in [0.15, 0.2) is 0 Å². The van der Waals surface area contributed by atoms with Gasteiger partial charge in [0.05, 0.1) is 19.3 Å². The Labute approximate surface area is 131 Å². The number of amides is 2. The molecule has 5 heteroatoms. The molecule has 0 aromatic heterocycles. The summed E-state index contributed by atoms with van der Waals surface area (Å²) in [5.74, 6) is -0.395. The summed E-state index contributed by atoms with van der Waals surface area (Å²) in [4.78, 5) is 26.8. The van der Waals surface area contributed by atoms with E-state index >= 15 is 0 Å². The number of nitrogens with zero attached hydrogens (tertiary/aromatic N) is 1. The van der Waals surface area contributed by atoms with Gasteiger partial charge in [-0.2, -0.15) is 0 Å². The van der Waals surface area contributed by atoms with Gasteiger partial charge in [-0.15, -0.1) is 0 Å². The number of ether oxygens (including phenoxy) is 1. The lowest BCUT2D eigenvalue weighted by atomic mass is 9.89. The van der Waals surface area contributed by atoms with Crippen LogP contribution in [-0.4, -0.2) is 43.0 Å². The average molecular weight is 304 g/mol. The van der Waals surface area contributed by atoms with Gasteiger partial charge in [-0.25, -0.2) is 0 Å². The minimum atomic E-state index is -1.08. The quantitative estimate of drug-likeness (QED) is 0.862. The largest absolute Gasteiger partial charge is 0.378 e. The third kappa shape index (κ3) is 3.65. The van der Waals surface area contributed by atoms with E-state index in [1.807, 2.05) is 37.3 Å². The summed E-state index contributed by atoms with van der Waals surface area (Å²) in [6.07, 6.45) is 0. The van der Waals surface area contributed by atoms with Crippen molar-refractivity contribution in [1.82, 2.24) is 10.2 Å². The molecule has 1 saturated heterocycles. The Morgan fingerprint density at radius 1 is 1.18 bits per heavy atom. The summed E-state index contributed by atoms with van der Waals surface area (Å²) in [6, 6.07) is 9.59. The molecule has 120 valence electrons. The van der Waals surface area contributed by atoms with Gasteiger partial charge in [0.25, 0.3) is 0 Å². The molecule has 1 aromatic carbocycles. The Balaban J connectivity index is 2.01. The van der Waals surface area contributed by atoms with E-state index in [1.165, 1.54) is 0 Å². The Bertz CT molecular complexity index is 522. The van der Waals surface area contributed by atoms with Gasteiger partial charge >= 0.3 is 0 Å². The molecule has 2 amide bonds. The highest BCUT2D eigenvalue weighted by atomic mass is 16.5. The smallest absolute Gasteiger partial charge is 0.237 e. The number of carbonyl (C=O) groups is 2. The number of nitrogens with one attached hydrogen (secondary N) is 1. The molecular weight excluding hydrogens is 280 g/mol. The van der Waals surface area contributed by atoms with Crippen molar-refractivity contribution in [2.24, 2.45) is 5.41 Å². The topological polar surface area (TPSA) is 58.6 Å². The monoisotopic (exact) mass is 304 g/mol. The summed E-state index contributed by atoms with van der Waals surface area (Å²) in [7, 11) is 0. The van der Waals surface area contributed by atoms with Gasteiger partial charge in [0.2, 0.25) is 11.8 Å². The predicted octanol–water partition coefficient (Wildman–Crippen LogP) is 1.75. The minimum absolute atomic E-state index is 0.134. The molecule has 1 aliphatic rings. The molecule has 1 unspecified atom stereocenters. The molecule has 0 bridgehead atoms. The third-order valence-electron chi connectivity index (χ3n) is 4.05. The summed E-state index contributed by atoms with van der Waals surface area (Å²) < 4.78 is 5.25. The minimum Gasteiger partial charge on any atom is -0.378 e. The lowest BCUT2D eigenvalue weighted by molar-refractivity contribution is -0.151. The van der Waals surface area contributed by atoms with E-state index in [1.54, 1.807) is 18.7 Å². The summed E-state index contributed by atoms with van der Waals surface area (Å²) in [5, 5.41) is 2.94. The number of benzene rings is 1. The molecule has 22 heavy (non-hydrogen) atoms. The number of rotatable bonds is 4. The second-order valence-electron chi connectivity index (χ2n) is 6.14. The second-order valence-corrected chi connectivity index (χ2v) is 6.14. The molecule has 1 aliphatic heterocycles. The van der Waals surface area contributed by atoms with Gasteiger partial charge in [0.1, 0.15) is 5.41 Å². The van der Waals surface area contributed by atoms with Crippen molar-refractivity contribution in [2.45, 2.75) is 26.8 Å². The fourth-order valence-electron chi connectivity index (χ4n) is 2.46. The first-order valence-corrected chi connectivity index (χ1v) is 7.66. The molecular formula is C17H24N2O3. The number of carbonyl (C=O) groups excluding carboxylic acids is 2. The highest BCUT2D eigenvalue weighted by Gasteiger charge is 2.40. The van der Waals surface area contributed by atoms with E-state index in [4.69, 9.17) is 4.74 Å². The van der Waals surface area contributed by atoms with Crippen molar-refractivity contribution in [2.75, 3.05) is 26.3 Å². The van der Waals surface area contributed by atoms with E-state index in [2.05, 4.69) is 5.32 Å². The van der Waals surface area contributed by atoms with E-state index in [-0.39, 0.29) is 17.9 Å². The predicted molar refractivity (Wildman–Crippen MR) is 84.2 cm³/mol. The third-order valence-corrected chi connectivity index (χ3v) is 4.05. The molecule has 1 N–H and O–H groups in total. The zero-order chi connectivity index (χ0) is 16.2. The molecule has 0 radical (unpaired) electrons. The Morgan fingerprint density at radius 3 is 2.36 bits per heavy atom. The molecule has 1 aromatic rings. The van der Waals surface area contributed by atoms with Crippen LogP contribution in [0.5, 0.6) is 0 Å². The van der Waals surface area contributed by atoms with Crippen LogP contribution in [-0.2, 0) is 14.3 Å². The zero-order valence-electron chi connectivity index (χ0n) is 13.5. The highest BCUT2D eigenvalue weighted by Crippen LogP contribution is 2.22. The Kier molecular flexibility index (Phi) is 5.19. The maximum atomic E-state index is 12.6. The summed E-state index contributed by atoms with van der Waals surface area (Å²) in [6.45, 7) is 7.43. The highest BCUT2D eigenvalue weighted by molar-refractivity contribution is 6.04. The van der Waals surface area contributed by atoms with E-state index in [0.29, 0.717) is 26.3 Å². The first-order chi connectivity index (χ1) is 10.4. The van der Waals surface area contributed by atoms with Gasteiger partial charge in [-0.3, -0.25) is 9.59 Å². The van der Waals surface area contributed by atoms with Crippen molar-refractivity contribution in [3.63, 3.8) is 0 Å². The van der Waals surface area contributed by atoms with E-state index in [9.17, 15) is 9.59 Å². The van der Waals surface area contributed by atoms with Crippen LogP contribution in [0.2, 0.25) is 0 Å². The molecule has 0 spiro atoms. The fraction of sp³-hybridized carbons (Fsp3) is 0.529. The molecule has 0 aliphatic carbocycles. The van der Waals surface area contributed by atoms with Gasteiger partial charge in [-0.05, 0) is 26.3 Å². The summed E-state index contributed by atoms with van der Waals surface area (Å²) in [5.41, 5.74) is -0.0640. The molecule has 1 fully saturated rings. The van der Waals surface area contributed by atoms with Crippen LogP contribution in [0.1, 0.15) is 32.4 Å². The van der Waals surface area contributed by atoms with Gasteiger partial charge < -0.3 is 15.0 Å². The molecule has 1 atom stereocenters. The van der Waals surface area contributed by atoms with Crippen molar-refractivity contribution in [3.8, 4) is 0 Å². The Hall–Kier alpha value is -1.88. The van der Waals surface area contributed by atoms with Crippen molar-refractivity contribution in [3.05, 3.63) is 35.9 Å². The first kappa shape index (κ1) is 16.5. The molecule has 0 saturated carbocycles. The van der Waals surface area contributed by atoms with Crippen molar-refractivity contribution < 1.29 is 14.3 Å². The number of morpholine rings is 1. The van der Waals surface area contributed by atoms with Crippen molar-refractivity contribution >= 4 is 11.8 Å². The van der Waals surface area contributed by atoms with E-state index in [0.717, 1.165) is 5.56 Å². The average Bonchev–Trinajstić information content (AvgIpc) is 2.55. The van der Waals surface area contributed by atoms with Gasteiger partial charge in [0, 0.05) is 13.1 Å². The summed E-state index contributed by atoms with van der Waals surface area (Å²) >= 11 is 0. The normalized spacial score (nSPS) is 17.0. The van der Waals surface area contributed by atoms with Crippen LogP contribution >= 0.6 is 0 Å². The number of hydrogen-bond donors (Lipinski definition) is 1. The second kappa shape index (κ2) is 6.92. The fourth-order valence-corrected chi connectivity index (χ4v) is 2.46. The number of hydrogen-bond acceptors (Lipinski definition) is 3. The maximum absolute atomic E-state index is 12.6. The van der Waals surface area contributed by atoms with Crippen LogP contribution in [0, 0.1) is 5.41 Å². The van der Waals surface area contributed by atoms with Crippen LogP contribution in [0.4, 0.5) is 0 Å². The van der Waals surface area contributed by atoms with Crippen LogP contribution in [0.3, 0.4) is 0 Å². The van der Waals surface area contributed by atoms with Gasteiger partial charge in [-0.1, -0.05) is 30.3 Å². The Morgan fingerprint density at radius 2 is 1.77 bits per heavy atom. The van der Waals surface area contributed by atoms with E-state index < -0.39 is 5.41 Å². The van der Waals surface area contributed by atoms with Crippen molar-refractivity contribution in [1.29, 1.82) is 0 Å². The van der Waals surface area contributed by atoms with Crippen LogP contribution < -0.4 is 5.32 Å². The molecule has 2 rings (SSSR count). The molecule has 1 heterocycles. The van der Waals surface area contributed by atoms with Crippen LogP contribution in [0.25, 0.3) is 0 Å². The zero-order valence-corrected chi connectivity index (χ0v) is 13.5. The lowest BCUT2D eigenvalue weighted by Gasteiger charge is -2.34. The lowest BCUT2D eigenvalue weighted by Crippen LogP contribution is -2.52. The molecule has 5 nitrogen and oxygen atoms in total. The SMILES string of the molecule is CC(NC(=O)C(C)(C)C(=O)N1CCOCC1)c1ccccc1. The maximum Gasteiger partial charge on any atom is 0.237 e. The van der Waals surface area contributed by atoms with Crippen LogP contribution in [0.15, 0.2) is 30.3 Å². The first-order valence-electron chi connectivity index (χ1n) is 7.66. The standard InChI is InChI=1S/C17H24N2O3/c1-13(14-7-5-4-6-8-14)18-15(20)17(2,3)16(21)19-9-11-22-12-10-19/h4-8,13H,9-12H2,1-3H3,(H,18,20).